The van der Waals surface area contributed by atoms with Gasteiger partial charge in [-0.3, -0.25) is 9.69 Å². The first-order valence-corrected chi connectivity index (χ1v) is 11.5. The van der Waals surface area contributed by atoms with Crippen molar-refractivity contribution in [2.24, 2.45) is 0 Å². The maximum absolute atomic E-state index is 13.2. The lowest BCUT2D eigenvalue weighted by Gasteiger charge is -2.43. The number of rotatable bonds is 6. The smallest absolute Gasteiger partial charge is 0.227 e. The lowest BCUT2D eigenvalue weighted by atomic mass is 9.88. The number of hydrogen-bond acceptors (Lipinski definition) is 4. The van der Waals surface area contributed by atoms with Crippen molar-refractivity contribution in [2.75, 3.05) is 27.2 Å². The molecule has 1 aliphatic carbocycles. The Kier molecular flexibility index (Phi) is 6.34. The number of carbonyl (C=O) groups is 1. The Morgan fingerprint density at radius 3 is 2.71 bits per heavy atom. The van der Waals surface area contributed by atoms with Crippen LogP contribution in [0.2, 0.25) is 0 Å². The Morgan fingerprint density at radius 2 is 1.93 bits per heavy atom. The first-order valence-electron chi connectivity index (χ1n) is 10.7. The van der Waals surface area contributed by atoms with Crippen LogP contribution in [0.25, 0.3) is 10.1 Å². The second kappa shape index (κ2) is 8.93. The van der Waals surface area contributed by atoms with Crippen LogP contribution in [0.3, 0.4) is 0 Å². The van der Waals surface area contributed by atoms with Gasteiger partial charge in [-0.1, -0.05) is 25.0 Å². The Hall–Kier alpha value is -1.43. The van der Waals surface area contributed by atoms with Gasteiger partial charge in [0.1, 0.15) is 0 Å². The van der Waals surface area contributed by atoms with Gasteiger partial charge in [-0.05, 0) is 61.2 Å². The molecule has 1 unspecified atom stereocenters. The van der Waals surface area contributed by atoms with E-state index in [1.54, 1.807) is 11.3 Å². The summed E-state index contributed by atoms with van der Waals surface area (Å²) in [5.41, 5.74) is 1.15. The third-order valence-corrected chi connectivity index (χ3v) is 7.48. The molecule has 2 fully saturated rings. The Bertz CT molecular complexity index is 799. The van der Waals surface area contributed by atoms with Crippen LogP contribution < -0.4 is 0 Å². The summed E-state index contributed by atoms with van der Waals surface area (Å²) >= 11 is 1.74. The largest absolute Gasteiger partial charge is 0.377 e. The molecule has 1 aromatic carbocycles. The summed E-state index contributed by atoms with van der Waals surface area (Å²) in [6, 6.07) is 9.18. The van der Waals surface area contributed by atoms with Gasteiger partial charge < -0.3 is 9.64 Å². The van der Waals surface area contributed by atoms with Crippen LogP contribution in [0.1, 0.15) is 44.1 Å². The second-order valence-electron chi connectivity index (χ2n) is 8.42. The molecule has 3 atom stereocenters. The molecule has 2 aliphatic rings. The molecule has 0 radical (unpaired) electrons. The molecule has 4 rings (SSSR count). The summed E-state index contributed by atoms with van der Waals surface area (Å²) in [4.78, 5) is 17.7. The highest BCUT2D eigenvalue weighted by atomic mass is 32.1. The highest BCUT2D eigenvalue weighted by Crippen LogP contribution is 2.29. The number of ether oxygens (including phenoxy) is 1. The van der Waals surface area contributed by atoms with Crippen LogP contribution in [0.5, 0.6) is 0 Å². The summed E-state index contributed by atoms with van der Waals surface area (Å²) in [6.07, 6.45) is 7.95. The number of benzene rings is 1. The van der Waals surface area contributed by atoms with E-state index in [2.05, 4.69) is 41.6 Å². The van der Waals surface area contributed by atoms with Crippen molar-refractivity contribution in [1.82, 2.24) is 9.80 Å². The zero-order valence-electron chi connectivity index (χ0n) is 17.1. The first-order chi connectivity index (χ1) is 13.6. The molecule has 2 aromatic rings. The normalized spacial score (nSPS) is 25.5. The fraction of sp³-hybridized carbons (Fsp3) is 0.609. The molecule has 1 saturated carbocycles. The highest BCUT2D eigenvalue weighted by Gasteiger charge is 2.34. The van der Waals surface area contributed by atoms with Crippen molar-refractivity contribution >= 4 is 27.3 Å². The molecular formula is C23H32N2O2S. The van der Waals surface area contributed by atoms with Crippen LogP contribution in [-0.2, 0) is 16.0 Å². The van der Waals surface area contributed by atoms with Crippen molar-refractivity contribution in [1.29, 1.82) is 0 Å². The number of thiophene rings is 1. The van der Waals surface area contributed by atoms with Crippen molar-refractivity contribution in [2.45, 2.75) is 63.1 Å². The van der Waals surface area contributed by atoms with Gasteiger partial charge in [0.05, 0.1) is 12.5 Å². The second-order valence-corrected chi connectivity index (χ2v) is 9.37. The standard InChI is InChI=1S/C23H32N2O2S/c1-24(16-18-8-6-13-27-18)20-9-3-4-10-21(20)25(2)23(26)15-17-7-5-11-22-19(17)12-14-28-22/h5,7,11-12,14,18,20-21H,3-4,6,8-10,13,15-16H2,1-2H3/t18?,20-,21-/m1/s1. The number of likely N-dealkylation sites (N-methyl/N-ethyl adjacent to an activating group) is 2. The average Bonchev–Trinajstić information content (AvgIpc) is 3.39. The lowest BCUT2D eigenvalue weighted by molar-refractivity contribution is -0.133. The van der Waals surface area contributed by atoms with Crippen molar-refractivity contribution in [3.8, 4) is 0 Å². The average molecular weight is 401 g/mol. The number of nitrogens with zero attached hydrogens (tertiary/aromatic N) is 2. The zero-order valence-corrected chi connectivity index (χ0v) is 17.9. The van der Waals surface area contributed by atoms with Gasteiger partial charge in [-0.25, -0.2) is 0 Å². The molecule has 1 aromatic heterocycles. The Labute approximate surface area is 172 Å². The van der Waals surface area contributed by atoms with E-state index in [-0.39, 0.29) is 5.91 Å². The predicted octanol–water partition coefficient (Wildman–Crippen LogP) is 4.32. The fourth-order valence-corrected chi connectivity index (χ4v) is 5.82. The number of hydrogen-bond donors (Lipinski definition) is 0. The maximum atomic E-state index is 13.2. The van der Waals surface area contributed by atoms with Crippen LogP contribution in [0.15, 0.2) is 29.6 Å². The van der Waals surface area contributed by atoms with Crippen LogP contribution in [0.4, 0.5) is 0 Å². The molecule has 1 amide bonds. The van der Waals surface area contributed by atoms with Crippen LogP contribution in [-0.4, -0.2) is 61.1 Å². The van der Waals surface area contributed by atoms with Gasteiger partial charge in [-0.2, -0.15) is 0 Å². The van der Waals surface area contributed by atoms with E-state index in [0.29, 0.717) is 24.6 Å². The first kappa shape index (κ1) is 19.9. The van der Waals surface area contributed by atoms with E-state index >= 15 is 0 Å². The van der Waals surface area contributed by atoms with E-state index < -0.39 is 0 Å². The zero-order chi connectivity index (χ0) is 19.5. The van der Waals surface area contributed by atoms with E-state index in [0.717, 1.165) is 25.1 Å². The van der Waals surface area contributed by atoms with Crippen molar-refractivity contribution in [3.63, 3.8) is 0 Å². The summed E-state index contributed by atoms with van der Waals surface area (Å²) in [5.74, 6) is 0.237. The van der Waals surface area contributed by atoms with Crippen molar-refractivity contribution in [3.05, 3.63) is 35.2 Å². The number of amides is 1. The van der Waals surface area contributed by atoms with Gasteiger partial charge in [0.25, 0.3) is 0 Å². The molecule has 1 aliphatic heterocycles. The van der Waals surface area contributed by atoms with Crippen molar-refractivity contribution < 1.29 is 9.53 Å². The molecule has 0 N–H and O–H groups in total. The summed E-state index contributed by atoms with van der Waals surface area (Å²) in [6.45, 7) is 1.89. The van der Waals surface area contributed by atoms with Gasteiger partial charge in [0.15, 0.2) is 0 Å². The lowest BCUT2D eigenvalue weighted by Crippen LogP contribution is -2.54. The molecule has 28 heavy (non-hydrogen) atoms. The minimum Gasteiger partial charge on any atom is -0.377 e. The summed E-state index contributed by atoms with van der Waals surface area (Å²) < 4.78 is 7.11. The monoisotopic (exact) mass is 400 g/mol. The van der Waals surface area contributed by atoms with E-state index in [9.17, 15) is 4.79 Å². The Morgan fingerprint density at radius 1 is 1.11 bits per heavy atom. The fourth-order valence-electron chi connectivity index (χ4n) is 4.99. The van der Waals surface area contributed by atoms with Crippen LogP contribution >= 0.6 is 11.3 Å². The third-order valence-electron chi connectivity index (χ3n) is 6.59. The SMILES string of the molecule is CN(CC1CCCO1)[C@@H]1CCCC[C@H]1N(C)C(=O)Cc1cccc2sccc12. The van der Waals surface area contributed by atoms with Crippen LogP contribution in [0, 0.1) is 0 Å². The minimum atomic E-state index is 0.237. The summed E-state index contributed by atoms with van der Waals surface area (Å²) in [7, 11) is 4.23. The topological polar surface area (TPSA) is 32.8 Å². The molecular weight excluding hydrogens is 368 g/mol. The highest BCUT2D eigenvalue weighted by molar-refractivity contribution is 7.17. The molecule has 1 saturated heterocycles. The van der Waals surface area contributed by atoms with Gasteiger partial charge in [0, 0.05) is 37.0 Å². The van der Waals surface area contributed by atoms with E-state index in [1.807, 2.05) is 11.9 Å². The van der Waals surface area contributed by atoms with Gasteiger partial charge >= 0.3 is 0 Å². The molecule has 2 heterocycles. The number of carbonyl (C=O) groups excluding carboxylic acids is 1. The maximum Gasteiger partial charge on any atom is 0.227 e. The molecule has 5 heteroatoms. The van der Waals surface area contributed by atoms with E-state index in [4.69, 9.17) is 4.74 Å². The summed E-state index contributed by atoms with van der Waals surface area (Å²) in [5, 5.41) is 3.34. The molecule has 4 nitrogen and oxygen atoms in total. The van der Waals surface area contributed by atoms with Gasteiger partial charge in [0.2, 0.25) is 5.91 Å². The molecule has 0 spiro atoms. The Balaban J connectivity index is 1.44. The quantitative estimate of drug-likeness (QED) is 0.724. The predicted molar refractivity (Wildman–Crippen MR) is 116 cm³/mol. The van der Waals surface area contributed by atoms with E-state index in [1.165, 1.54) is 42.2 Å². The molecule has 152 valence electrons. The molecule has 0 bridgehead atoms. The number of fused-ring (bicyclic) bond motifs is 1. The van der Waals surface area contributed by atoms with Gasteiger partial charge in [-0.15, -0.1) is 11.3 Å². The third kappa shape index (κ3) is 4.27. The minimum absolute atomic E-state index is 0.237.